The second kappa shape index (κ2) is 13.2. The number of nitrogens with one attached hydrogen (secondary N) is 1. The number of esters is 1. The van der Waals surface area contributed by atoms with Crippen LogP contribution in [0.5, 0.6) is 5.75 Å². The molecule has 7 atom stereocenters. The van der Waals surface area contributed by atoms with Crippen molar-refractivity contribution in [3.63, 3.8) is 0 Å². The lowest BCUT2D eigenvalue weighted by molar-refractivity contribution is -0.149. The number of ether oxygens (including phenoxy) is 3. The Bertz CT molecular complexity index is 1650. The largest absolute Gasteiger partial charge is 0.462 e. The first kappa shape index (κ1) is 33.7. The molecule has 2 aromatic carbocycles. The van der Waals surface area contributed by atoms with Gasteiger partial charge in [0.2, 0.25) is 0 Å². The summed E-state index contributed by atoms with van der Waals surface area (Å²) in [7, 11) is -4.29. The van der Waals surface area contributed by atoms with Crippen molar-refractivity contribution in [2.45, 2.75) is 64.4 Å². The highest BCUT2D eigenvalue weighted by Crippen LogP contribution is 2.74. The molecule has 1 saturated heterocycles. The first-order chi connectivity index (χ1) is 21.8. The molecule has 12 nitrogen and oxygen atoms in total. The van der Waals surface area contributed by atoms with Crippen molar-refractivity contribution in [1.29, 1.82) is 0 Å². The van der Waals surface area contributed by atoms with Crippen LogP contribution in [0.2, 0.25) is 0 Å². The molecule has 1 aromatic heterocycles. The van der Waals surface area contributed by atoms with E-state index in [1.807, 2.05) is 30.3 Å². The van der Waals surface area contributed by atoms with Crippen LogP contribution in [0.1, 0.15) is 39.5 Å². The highest BCUT2D eigenvalue weighted by molar-refractivity contribution is 7.52. The van der Waals surface area contributed by atoms with Crippen LogP contribution >= 0.6 is 7.75 Å². The van der Waals surface area contributed by atoms with E-state index in [-0.39, 0.29) is 25.6 Å². The van der Waals surface area contributed by atoms with Crippen LogP contribution in [-0.2, 0) is 34.7 Å². The fraction of sp³-hybridized carbons (Fsp3) is 0.452. The van der Waals surface area contributed by atoms with Crippen LogP contribution in [0.3, 0.4) is 0 Å². The van der Waals surface area contributed by atoms with Gasteiger partial charge in [-0.1, -0.05) is 48.5 Å². The van der Waals surface area contributed by atoms with Crippen molar-refractivity contribution in [2.75, 3.05) is 18.9 Å². The van der Waals surface area contributed by atoms with E-state index in [9.17, 15) is 18.5 Å². The van der Waals surface area contributed by atoms with Gasteiger partial charge in [-0.3, -0.25) is 13.9 Å². The second-order valence-corrected chi connectivity index (χ2v) is 13.5. The Hall–Kier alpha value is -3.68. The van der Waals surface area contributed by atoms with Gasteiger partial charge >= 0.3 is 19.4 Å². The fourth-order valence-electron chi connectivity index (χ4n) is 5.90. The molecule has 248 valence electrons. The third kappa shape index (κ3) is 6.58. The lowest BCUT2D eigenvalue weighted by Gasteiger charge is -2.27. The number of fused-ring (bicyclic) bond motifs is 1. The lowest BCUT2D eigenvalue weighted by Crippen LogP contribution is -2.38. The van der Waals surface area contributed by atoms with Crippen LogP contribution in [0.25, 0.3) is 0 Å². The summed E-state index contributed by atoms with van der Waals surface area (Å²) in [5, 5.41) is 2.61. The smallest absolute Gasteiger partial charge is 0.459 e. The average molecular weight is 663 g/mol. The van der Waals surface area contributed by atoms with Gasteiger partial charge in [-0.2, -0.15) is 10.1 Å². The van der Waals surface area contributed by atoms with E-state index in [0.717, 1.165) is 16.3 Å². The molecule has 0 radical (unpaired) electrons. The SMILES string of the molecule is CC(C)OC(=O)[C@H](C)NP(=O)(OC[C@H]1C2(C)O[C@@H](n3cc(F)c(N)nc3=O)C(F)C12COCc1ccccc1)Oc1ccccc1. The summed E-state index contributed by atoms with van der Waals surface area (Å²) in [5.41, 5.74) is 2.55. The molecule has 3 N–H and O–H groups in total. The van der Waals surface area contributed by atoms with Gasteiger partial charge in [0.25, 0.3) is 0 Å². The zero-order valence-corrected chi connectivity index (χ0v) is 26.7. The summed E-state index contributed by atoms with van der Waals surface area (Å²) in [6, 6.07) is 16.3. The summed E-state index contributed by atoms with van der Waals surface area (Å²) in [5.74, 6) is -2.88. The van der Waals surface area contributed by atoms with E-state index >= 15 is 4.39 Å². The van der Waals surface area contributed by atoms with Crippen molar-refractivity contribution in [1.82, 2.24) is 14.6 Å². The average Bonchev–Trinajstić information content (AvgIpc) is 3.43. The number of hydrogen-bond donors (Lipinski definition) is 2. The number of nitrogens with two attached hydrogens (primary N) is 1. The van der Waals surface area contributed by atoms with Gasteiger partial charge < -0.3 is 24.5 Å². The van der Waals surface area contributed by atoms with Crippen molar-refractivity contribution >= 4 is 19.5 Å². The molecular formula is C31H37F2N4O8P. The molecule has 2 fully saturated rings. The number of halogens is 2. The van der Waals surface area contributed by atoms with E-state index in [4.69, 9.17) is 29.0 Å². The van der Waals surface area contributed by atoms with Crippen LogP contribution < -0.4 is 21.0 Å². The maximum Gasteiger partial charge on any atom is 0.459 e. The summed E-state index contributed by atoms with van der Waals surface area (Å²) in [6.07, 6.45) is -3.12. The topological polar surface area (TPSA) is 153 Å². The zero-order chi connectivity index (χ0) is 33.3. The summed E-state index contributed by atoms with van der Waals surface area (Å²) in [6.45, 7) is 6.03. The van der Waals surface area contributed by atoms with Gasteiger partial charge in [-0.05, 0) is 45.4 Å². The first-order valence-electron chi connectivity index (χ1n) is 14.7. The molecular weight excluding hydrogens is 625 g/mol. The van der Waals surface area contributed by atoms with Gasteiger partial charge in [0, 0.05) is 5.92 Å². The quantitative estimate of drug-likeness (QED) is 0.185. The van der Waals surface area contributed by atoms with Crippen LogP contribution in [-0.4, -0.2) is 52.7 Å². The minimum atomic E-state index is -4.29. The van der Waals surface area contributed by atoms with Crippen LogP contribution in [0, 0.1) is 17.2 Å². The molecule has 3 aromatic rings. The Kier molecular flexibility index (Phi) is 9.67. The second-order valence-electron chi connectivity index (χ2n) is 11.8. The molecule has 2 aliphatic rings. The Morgan fingerprint density at radius 2 is 1.80 bits per heavy atom. The van der Waals surface area contributed by atoms with E-state index < -0.39 is 72.5 Å². The van der Waals surface area contributed by atoms with Gasteiger partial charge in [0.15, 0.2) is 24.0 Å². The number of carbonyl (C=O) groups is 1. The summed E-state index contributed by atoms with van der Waals surface area (Å²) >= 11 is 0. The van der Waals surface area contributed by atoms with E-state index in [2.05, 4.69) is 10.1 Å². The number of aromatic nitrogens is 2. The monoisotopic (exact) mass is 662 g/mol. The number of alkyl halides is 1. The maximum absolute atomic E-state index is 16.6. The van der Waals surface area contributed by atoms with E-state index in [1.165, 1.54) is 6.92 Å². The molecule has 2 heterocycles. The number of nitrogen functional groups attached to an aromatic ring is 1. The highest BCUT2D eigenvalue weighted by Gasteiger charge is 2.85. The number of benzene rings is 2. The predicted molar refractivity (Wildman–Crippen MR) is 163 cm³/mol. The van der Waals surface area contributed by atoms with Crippen LogP contribution in [0.4, 0.5) is 14.6 Å². The number of hydrogen-bond acceptors (Lipinski definition) is 10. The Morgan fingerprint density at radius 1 is 1.15 bits per heavy atom. The molecule has 0 amide bonds. The first-order valence-corrected chi connectivity index (χ1v) is 16.3. The van der Waals surface area contributed by atoms with Gasteiger partial charge in [0.05, 0.1) is 43.1 Å². The highest BCUT2D eigenvalue weighted by atomic mass is 31.2. The molecule has 15 heteroatoms. The number of anilines is 1. The Morgan fingerprint density at radius 3 is 2.46 bits per heavy atom. The maximum atomic E-state index is 16.6. The minimum Gasteiger partial charge on any atom is -0.462 e. The fourth-order valence-corrected chi connectivity index (χ4v) is 7.40. The van der Waals surface area contributed by atoms with E-state index in [1.54, 1.807) is 51.1 Å². The number of nitrogens with zero attached hydrogens (tertiary/aromatic N) is 2. The normalized spacial score (nSPS) is 27.1. The standard InChI is InChI=1S/C31H37F2N4O8P/c1-19(2)43-28(38)20(3)36-46(40,45-22-13-9-6-10-14-22)42-17-24-30(4)31(24,18-41-16-21-11-7-5-8-12-21)25(33)27(44-30)37-15-23(32)26(34)35-29(37)39/h5-15,19-20,24-25,27H,16-18H2,1-4H3,(H,36,40)(H2,34,35,39)/t20-,24-,25?,27+,30?,31?,46?/m0/s1. The Balaban J connectivity index is 1.40. The number of para-hydroxylation sites is 1. The minimum absolute atomic E-state index is 0.147. The van der Waals surface area contributed by atoms with Crippen LogP contribution in [0.15, 0.2) is 71.7 Å². The molecule has 46 heavy (non-hydrogen) atoms. The molecule has 4 unspecified atom stereocenters. The van der Waals surface area contributed by atoms with Gasteiger partial charge in [-0.15, -0.1) is 0 Å². The van der Waals surface area contributed by atoms with Crippen molar-refractivity contribution in [2.24, 2.45) is 11.3 Å². The molecule has 1 aliphatic heterocycles. The summed E-state index contributed by atoms with van der Waals surface area (Å²) < 4.78 is 74.7. The molecule has 1 aliphatic carbocycles. The molecule has 5 rings (SSSR count). The third-order valence-corrected chi connectivity index (χ3v) is 9.98. The predicted octanol–water partition coefficient (Wildman–Crippen LogP) is 4.56. The lowest BCUT2D eigenvalue weighted by atomic mass is 9.96. The van der Waals surface area contributed by atoms with E-state index in [0.29, 0.717) is 0 Å². The zero-order valence-electron chi connectivity index (χ0n) is 25.8. The molecule has 0 bridgehead atoms. The van der Waals surface area contributed by atoms with Gasteiger partial charge in [-0.25, -0.2) is 18.1 Å². The summed E-state index contributed by atoms with van der Waals surface area (Å²) in [4.78, 5) is 28.6. The van der Waals surface area contributed by atoms with Gasteiger partial charge in [0.1, 0.15) is 11.8 Å². The molecule has 1 saturated carbocycles. The van der Waals surface area contributed by atoms with Crippen molar-refractivity contribution in [3.8, 4) is 5.75 Å². The number of carbonyl (C=O) groups excluding carboxylic acids is 1. The molecule has 0 spiro atoms. The van der Waals surface area contributed by atoms with Crippen molar-refractivity contribution < 1.29 is 41.4 Å². The Labute approximate surface area is 264 Å². The third-order valence-electron chi connectivity index (χ3n) is 8.33. The van der Waals surface area contributed by atoms with Crippen molar-refractivity contribution in [3.05, 3.63) is 88.7 Å². The number of rotatable bonds is 14.